The molecule has 0 unspecified atom stereocenters. The van der Waals surface area contributed by atoms with Crippen LogP contribution in [0.1, 0.15) is 18.5 Å². The maximum atomic E-state index is 11.9. The van der Waals surface area contributed by atoms with Crippen molar-refractivity contribution in [3.8, 4) is 11.4 Å². The number of hydrogen-bond donors (Lipinski definition) is 2. The van der Waals surface area contributed by atoms with Crippen LogP contribution in [-0.4, -0.2) is 34.5 Å². The first-order valence-electron chi connectivity index (χ1n) is 7.82. The molecule has 5 heteroatoms. The first kappa shape index (κ1) is 14.9. The summed E-state index contributed by atoms with van der Waals surface area (Å²) in [5, 5.41) is 0. The van der Waals surface area contributed by atoms with Crippen LogP contribution in [0.5, 0.6) is 0 Å². The molecule has 3 N–H and O–H groups in total. The van der Waals surface area contributed by atoms with Gasteiger partial charge in [-0.3, -0.25) is 9.69 Å². The topological polar surface area (TPSA) is 75.0 Å². The molecule has 1 aromatic heterocycles. The smallest absolute Gasteiger partial charge is 0.251 e. The molecular weight excluding hydrogens is 276 g/mol. The number of aromatic amines is 1. The van der Waals surface area contributed by atoms with Gasteiger partial charge in [0.1, 0.15) is 5.82 Å². The molecule has 1 aliphatic heterocycles. The van der Waals surface area contributed by atoms with Crippen LogP contribution in [0.4, 0.5) is 0 Å². The largest absolute Gasteiger partial charge is 0.330 e. The lowest BCUT2D eigenvalue weighted by Crippen LogP contribution is -2.36. The molecule has 1 saturated heterocycles. The highest BCUT2D eigenvalue weighted by Crippen LogP contribution is 2.18. The number of piperidine rings is 1. The fraction of sp³-hybridized carbons (Fsp3) is 0.412. The molecule has 0 spiro atoms. The second kappa shape index (κ2) is 6.85. The maximum Gasteiger partial charge on any atom is 0.251 e. The molecule has 2 aromatic rings. The zero-order valence-corrected chi connectivity index (χ0v) is 12.7. The lowest BCUT2D eigenvalue weighted by Gasteiger charge is -2.30. The molecule has 22 heavy (non-hydrogen) atoms. The summed E-state index contributed by atoms with van der Waals surface area (Å²) in [5.74, 6) is 1.28. The highest BCUT2D eigenvalue weighted by atomic mass is 16.1. The highest BCUT2D eigenvalue weighted by Gasteiger charge is 2.18. The van der Waals surface area contributed by atoms with Crippen LogP contribution in [0.2, 0.25) is 0 Å². The third-order valence-corrected chi connectivity index (χ3v) is 4.27. The molecule has 5 nitrogen and oxygen atoms in total. The summed E-state index contributed by atoms with van der Waals surface area (Å²) in [5.41, 5.74) is 7.39. The zero-order valence-electron chi connectivity index (χ0n) is 12.7. The minimum Gasteiger partial charge on any atom is -0.330 e. The molecule has 0 bridgehead atoms. The third kappa shape index (κ3) is 3.61. The second-order valence-corrected chi connectivity index (χ2v) is 5.91. The number of nitrogens with one attached hydrogen (secondary N) is 1. The average molecular weight is 298 g/mol. The Morgan fingerprint density at radius 1 is 1.23 bits per heavy atom. The van der Waals surface area contributed by atoms with E-state index in [-0.39, 0.29) is 5.56 Å². The number of H-pyrrole nitrogens is 1. The van der Waals surface area contributed by atoms with Crippen molar-refractivity contribution in [3.63, 3.8) is 0 Å². The summed E-state index contributed by atoms with van der Waals surface area (Å²) in [6.45, 7) is 3.55. The number of likely N-dealkylation sites (tertiary alicyclic amines) is 1. The van der Waals surface area contributed by atoms with Crippen LogP contribution in [0.25, 0.3) is 11.4 Å². The van der Waals surface area contributed by atoms with Gasteiger partial charge in [-0.25, -0.2) is 4.98 Å². The van der Waals surface area contributed by atoms with Crippen molar-refractivity contribution in [3.05, 3.63) is 52.4 Å². The Hall–Kier alpha value is -1.98. The monoisotopic (exact) mass is 298 g/mol. The van der Waals surface area contributed by atoms with Crippen LogP contribution >= 0.6 is 0 Å². The number of hydrogen-bond acceptors (Lipinski definition) is 4. The number of aromatic nitrogens is 2. The van der Waals surface area contributed by atoms with Crippen LogP contribution in [-0.2, 0) is 6.54 Å². The molecule has 0 radical (unpaired) electrons. The molecule has 3 rings (SSSR count). The second-order valence-electron chi connectivity index (χ2n) is 5.91. The van der Waals surface area contributed by atoms with E-state index in [0.717, 1.165) is 50.3 Å². The molecule has 0 amide bonds. The summed E-state index contributed by atoms with van der Waals surface area (Å²) >= 11 is 0. The van der Waals surface area contributed by atoms with Crippen molar-refractivity contribution in [1.29, 1.82) is 0 Å². The highest BCUT2D eigenvalue weighted by molar-refractivity contribution is 5.54. The summed E-state index contributed by atoms with van der Waals surface area (Å²) in [6, 6.07) is 11.3. The van der Waals surface area contributed by atoms with Gasteiger partial charge in [-0.1, -0.05) is 30.3 Å². The lowest BCUT2D eigenvalue weighted by atomic mass is 9.97. The Morgan fingerprint density at radius 2 is 1.95 bits per heavy atom. The van der Waals surface area contributed by atoms with Gasteiger partial charge >= 0.3 is 0 Å². The normalized spacial score (nSPS) is 16.8. The van der Waals surface area contributed by atoms with Crippen LogP contribution in [0.15, 0.2) is 41.2 Å². The predicted octanol–water partition coefficient (Wildman–Crippen LogP) is 1.61. The summed E-state index contributed by atoms with van der Waals surface area (Å²) < 4.78 is 0. The fourth-order valence-electron chi connectivity index (χ4n) is 2.93. The predicted molar refractivity (Wildman–Crippen MR) is 87.3 cm³/mol. The van der Waals surface area contributed by atoms with Crippen molar-refractivity contribution < 1.29 is 0 Å². The number of benzene rings is 1. The maximum absolute atomic E-state index is 11.9. The summed E-state index contributed by atoms with van der Waals surface area (Å²) in [6.07, 6.45) is 2.26. The van der Waals surface area contributed by atoms with E-state index in [4.69, 9.17) is 5.73 Å². The van der Waals surface area contributed by atoms with E-state index >= 15 is 0 Å². The van der Waals surface area contributed by atoms with Gasteiger partial charge in [0.15, 0.2) is 0 Å². The Kier molecular flexibility index (Phi) is 4.65. The Labute approximate surface area is 130 Å². The summed E-state index contributed by atoms with van der Waals surface area (Å²) in [4.78, 5) is 21.7. The third-order valence-electron chi connectivity index (χ3n) is 4.27. The number of nitrogens with zero attached hydrogens (tertiary/aromatic N) is 2. The standard InChI is InChI=1S/C17H22N4O/c18-11-13-6-8-21(9-7-13)12-15-10-16(22)20-17(19-15)14-4-2-1-3-5-14/h1-5,10,13H,6-9,11-12,18H2,(H,19,20,22). The quantitative estimate of drug-likeness (QED) is 0.899. The number of rotatable bonds is 4. The SMILES string of the molecule is NCC1CCN(Cc2cc(=O)[nH]c(-c3ccccc3)n2)CC1. The number of nitrogens with two attached hydrogens (primary N) is 1. The Balaban J connectivity index is 1.75. The van der Waals surface area contributed by atoms with E-state index in [1.54, 1.807) is 6.07 Å². The van der Waals surface area contributed by atoms with Crippen molar-refractivity contribution >= 4 is 0 Å². The average Bonchev–Trinajstić information content (AvgIpc) is 2.56. The van der Waals surface area contributed by atoms with Gasteiger partial charge in [0.2, 0.25) is 0 Å². The van der Waals surface area contributed by atoms with E-state index < -0.39 is 0 Å². The Bertz CT molecular complexity index is 660. The first-order valence-corrected chi connectivity index (χ1v) is 7.82. The van der Waals surface area contributed by atoms with E-state index in [1.165, 1.54) is 0 Å². The van der Waals surface area contributed by atoms with Crippen molar-refractivity contribution in [2.24, 2.45) is 11.7 Å². The fourth-order valence-corrected chi connectivity index (χ4v) is 2.93. The van der Waals surface area contributed by atoms with E-state index in [9.17, 15) is 4.79 Å². The van der Waals surface area contributed by atoms with E-state index in [1.807, 2.05) is 30.3 Å². The minimum absolute atomic E-state index is 0.0966. The lowest BCUT2D eigenvalue weighted by molar-refractivity contribution is 0.178. The molecule has 1 aliphatic rings. The van der Waals surface area contributed by atoms with Crippen molar-refractivity contribution in [1.82, 2.24) is 14.9 Å². The van der Waals surface area contributed by atoms with Gasteiger partial charge in [-0.15, -0.1) is 0 Å². The first-order chi connectivity index (χ1) is 10.7. The molecule has 0 aliphatic carbocycles. The van der Waals surface area contributed by atoms with Gasteiger partial charge in [-0.2, -0.15) is 0 Å². The molecular formula is C17H22N4O. The van der Waals surface area contributed by atoms with Gasteiger partial charge < -0.3 is 10.7 Å². The molecule has 116 valence electrons. The van der Waals surface area contributed by atoms with Crippen molar-refractivity contribution in [2.75, 3.05) is 19.6 Å². The van der Waals surface area contributed by atoms with Crippen LogP contribution in [0, 0.1) is 5.92 Å². The Morgan fingerprint density at radius 3 is 2.64 bits per heavy atom. The van der Waals surface area contributed by atoms with Gasteiger partial charge in [0.25, 0.3) is 5.56 Å². The molecule has 1 fully saturated rings. The molecule has 0 atom stereocenters. The van der Waals surface area contributed by atoms with E-state index in [0.29, 0.717) is 11.7 Å². The molecule has 2 heterocycles. The minimum atomic E-state index is -0.0966. The zero-order chi connectivity index (χ0) is 15.4. The van der Waals surface area contributed by atoms with Gasteiger partial charge in [0.05, 0.1) is 5.69 Å². The molecule has 1 aromatic carbocycles. The molecule has 0 saturated carbocycles. The van der Waals surface area contributed by atoms with Crippen LogP contribution < -0.4 is 11.3 Å². The van der Waals surface area contributed by atoms with Gasteiger partial charge in [0, 0.05) is 18.2 Å². The van der Waals surface area contributed by atoms with Crippen molar-refractivity contribution in [2.45, 2.75) is 19.4 Å². The van der Waals surface area contributed by atoms with Gasteiger partial charge in [-0.05, 0) is 38.4 Å². The van der Waals surface area contributed by atoms with Crippen LogP contribution in [0.3, 0.4) is 0 Å². The summed E-state index contributed by atoms with van der Waals surface area (Å²) in [7, 11) is 0. The van der Waals surface area contributed by atoms with E-state index in [2.05, 4.69) is 14.9 Å².